The van der Waals surface area contributed by atoms with E-state index in [4.69, 9.17) is 4.42 Å². The van der Waals surface area contributed by atoms with E-state index in [0.717, 1.165) is 26.7 Å². The quantitative estimate of drug-likeness (QED) is 0.936. The zero-order chi connectivity index (χ0) is 11.5. The molecule has 2 aromatic heterocycles. The second-order valence-corrected chi connectivity index (χ2v) is 6.23. The van der Waals surface area contributed by atoms with Crippen LogP contribution in [0.3, 0.4) is 0 Å². The topological polar surface area (TPSA) is 38.1 Å². The molecule has 3 nitrogen and oxygen atoms in total. The summed E-state index contributed by atoms with van der Waals surface area (Å²) in [6.45, 7) is 4.96. The standard InChI is InChI=1S/C11H13BrN2OS/c1-7(2)13-5-8-11(15-6-14-8)9-3-4-10(12)16-9/h3-4,6-7,13H,5H2,1-2H3. The monoisotopic (exact) mass is 300 g/mol. The van der Waals surface area contributed by atoms with E-state index in [-0.39, 0.29) is 0 Å². The van der Waals surface area contributed by atoms with Gasteiger partial charge in [0.25, 0.3) is 0 Å². The highest BCUT2D eigenvalue weighted by atomic mass is 79.9. The van der Waals surface area contributed by atoms with Crippen LogP contribution in [0.5, 0.6) is 0 Å². The summed E-state index contributed by atoms with van der Waals surface area (Å²) < 4.78 is 6.53. The zero-order valence-electron chi connectivity index (χ0n) is 9.16. The van der Waals surface area contributed by atoms with Gasteiger partial charge in [-0.1, -0.05) is 13.8 Å². The number of nitrogens with one attached hydrogen (secondary N) is 1. The average Bonchev–Trinajstić information content (AvgIpc) is 2.82. The molecule has 2 heterocycles. The van der Waals surface area contributed by atoms with Crippen molar-refractivity contribution in [2.45, 2.75) is 26.4 Å². The van der Waals surface area contributed by atoms with Crippen LogP contribution in [0, 0.1) is 0 Å². The third-order valence-corrected chi connectivity index (χ3v) is 3.74. The van der Waals surface area contributed by atoms with Gasteiger partial charge in [0, 0.05) is 12.6 Å². The summed E-state index contributed by atoms with van der Waals surface area (Å²) in [5.74, 6) is 0.865. The maximum absolute atomic E-state index is 5.43. The zero-order valence-corrected chi connectivity index (χ0v) is 11.6. The van der Waals surface area contributed by atoms with Crippen molar-refractivity contribution in [2.24, 2.45) is 0 Å². The van der Waals surface area contributed by atoms with Gasteiger partial charge in [-0.05, 0) is 28.1 Å². The first-order valence-corrected chi connectivity index (χ1v) is 6.69. The molecule has 0 amide bonds. The summed E-state index contributed by atoms with van der Waals surface area (Å²) in [7, 11) is 0. The highest BCUT2D eigenvalue weighted by molar-refractivity contribution is 9.11. The van der Waals surface area contributed by atoms with E-state index in [1.165, 1.54) is 6.39 Å². The summed E-state index contributed by atoms with van der Waals surface area (Å²) >= 11 is 5.09. The molecular formula is C11H13BrN2OS. The van der Waals surface area contributed by atoms with Crippen molar-refractivity contribution in [1.29, 1.82) is 0 Å². The van der Waals surface area contributed by atoms with Crippen LogP contribution >= 0.6 is 27.3 Å². The van der Waals surface area contributed by atoms with Gasteiger partial charge in [0.2, 0.25) is 0 Å². The molecule has 0 aliphatic rings. The Morgan fingerprint density at radius 3 is 2.94 bits per heavy atom. The van der Waals surface area contributed by atoms with Gasteiger partial charge >= 0.3 is 0 Å². The third-order valence-electron chi connectivity index (χ3n) is 2.12. The molecule has 0 fully saturated rings. The maximum atomic E-state index is 5.43. The lowest BCUT2D eigenvalue weighted by atomic mass is 10.3. The Morgan fingerprint density at radius 1 is 1.50 bits per heavy atom. The maximum Gasteiger partial charge on any atom is 0.181 e. The molecule has 0 spiro atoms. The second kappa shape index (κ2) is 5.12. The molecule has 0 radical (unpaired) electrons. The minimum Gasteiger partial charge on any atom is -0.442 e. The largest absolute Gasteiger partial charge is 0.442 e. The summed E-state index contributed by atoms with van der Waals surface area (Å²) in [6.07, 6.45) is 1.50. The fraction of sp³-hybridized carbons (Fsp3) is 0.364. The predicted octanol–water partition coefficient (Wildman–Crippen LogP) is 3.66. The highest BCUT2D eigenvalue weighted by Crippen LogP contribution is 2.32. The number of halogens is 1. The first-order valence-electron chi connectivity index (χ1n) is 5.08. The van der Waals surface area contributed by atoms with Crippen molar-refractivity contribution in [2.75, 3.05) is 0 Å². The molecule has 0 saturated carbocycles. The Morgan fingerprint density at radius 2 is 2.31 bits per heavy atom. The SMILES string of the molecule is CC(C)NCc1ncoc1-c1ccc(Br)s1. The number of hydrogen-bond donors (Lipinski definition) is 1. The lowest BCUT2D eigenvalue weighted by Gasteiger charge is -2.05. The number of hydrogen-bond acceptors (Lipinski definition) is 4. The van der Waals surface area contributed by atoms with E-state index in [2.05, 4.69) is 40.1 Å². The van der Waals surface area contributed by atoms with Gasteiger partial charge in [-0.25, -0.2) is 4.98 Å². The number of rotatable bonds is 4. The van der Waals surface area contributed by atoms with Crippen LogP contribution < -0.4 is 5.32 Å². The Kier molecular flexibility index (Phi) is 3.78. The molecule has 5 heteroatoms. The Bertz CT molecular complexity index is 464. The van der Waals surface area contributed by atoms with Crippen molar-refractivity contribution in [3.05, 3.63) is 28.0 Å². The fourth-order valence-electron chi connectivity index (χ4n) is 1.33. The van der Waals surface area contributed by atoms with Gasteiger partial charge in [0.15, 0.2) is 12.2 Å². The number of oxazole rings is 1. The molecule has 86 valence electrons. The van der Waals surface area contributed by atoms with Gasteiger partial charge in [-0.2, -0.15) is 0 Å². The Hall–Kier alpha value is -0.650. The average molecular weight is 301 g/mol. The van der Waals surface area contributed by atoms with Crippen LogP contribution in [0.25, 0.3) is 10.6 Å². The first-order chi connectivity index (χ1) is 7.66. The van der Waals surface area contributed by atoms with Gasteiger partial charge < -0.3 is 9.73 Å². The van der Waals surface area contributed by atoms with Gasteiger partial charge in [-0.3, -0.25) is 0 Å². The first kappa shape index (κ1) is 11.8. The molecule has 0 aromatic carbocycles. The lowest BCUT2D eigenvalue weighted by molar-refractivity contribution is 0.564. The molecule has 0 bridgehead atoms. The molecule has 0 aliphatic carbocycles. The third kappa shape index (κ3) is 2.72. The van der Waals surface area contributed by atoms with E-state index in [0.29, 0.717) is 6.04 Å². The smallest absolute Gasteiger partial charge is 0.181 e. The molecule has 2 rings (SSSR count). The molecule has 16 heavy (non-hydrogen) atoms. The van der Waals surface area contributed by atoms with Crippen LogP contribution in [0.1, 0.15) is 19.5 Å². The number of thiophene rings is 1. The molecule has 0 unspecified atom stereocenters. The van der Waals surface area contributed by atoms with Crippen LogP contribution in [0.4, 0.5) is 0 Å². The van der Waals surface area contributed by atoms with Crippen molar-refractivity contribution in [1.82, 2.24) is 10.3 Å². The van der Waals surface area contributed by atoms with Gasteiger partial charge in [-0.15, -0.1) is 11.3 Å². The Balaban J connectivity index is 2.19. The van der Waals surface area contributed by atoms with Crippen LogP contribution in [-0.4, -0.2) is 11.0 Å². The van der Waals surface area contributed by atoms with Crippen LogP contribution in [0.2, 0.25) is 0 Å². The van der Waals surface area contributed by atoms with Crippen molar-refractivity contribution in [3.8, 4) is 10.6 Å². The highest BCUT2D eigenvalue weighted by Gasteiger charge is 2.12. The number of aromatic nitrogens is 1. The Labute approximate surface area is 107 Å². The molecule has 1 N–H and O–H groups in total. The molecule has 0 saturated heterocycles. The fourth-order valence-corrected chi connectivity index (χ4v) is 2.73. The van der Waals surface area contributed by atoms with E-state index < -0.39 is 0 Å². The minimum absolute atomic E-state index is 0.444. The second-order valence-electron chi connectivity index (χ2n) is 3.77. The number of nitrogens with zero attached hydrogens (tertiary/aromatic N) is 1. The molecule has 2 aromatic rings. The summed E-state index contributed by atoms with van der Waals surface area (Å²) in [5, 5.41) is 3.34. The van der Waals surface area contributed by atoms with Crippen molar-refractivity contribution < 1.29 is 4.42 Å². The minimum atomic E-state index is 0.444. The van der Waals surface area contributed by atoms with E-state index >= 15 is 0 Å². The van der Waals surface area contributed by atoms with E-state index in [9.17, 15) is 0 Å². The van der Waals surface area contributed by atoms with Crippen molar-refractivity contribution in [3.63, 3.8) is 0 Å². The van der Waals surface area contributed by atoms with Crippen LogP contribution in [-0.2, 0) is 6.54 Å². The van der Waals surface area contributed by atoms with E-state index in [1.54, 1.807) is 11.3 Å². The molecule has 0 atom stereocenters. The summed E-state index contributed by atoms with van der Waals surface area (Å²) in [4.78, 5) is 5.34. The normalized spacial score (nSPS) is 11.2. The summed E-state index contributed by atoms with van der Waals surface area (Å²) in [5.41, 5.74) is 0.961. The summed E-state index contributed by atoms with van der Waals surface area (Å²) in [6, 6.07) is 4.50. The lowest BCUT2D eigenvalue weighted by Crippen LogP contribution is -2.22. The predicted molar refractivity (Wildman–Crippen MR) is 69.5 cm³/mol. The molecular weight excluding hydrogens is 288 g/mol. The van der Waals surface area contributed by atoms with Gasteiger partial charge in [0.1, 0.15) is 5.69 Å². The van der Waals surface area contributed by atoms with Crippen LogP contribution in [0.15, 0.2) is 26.7 Å². The molecule has 0 aliphatic heterocycles. The van der Waals surface area contributed by atoms with E-state index in [1.807, 2.05) is 12.1 Å². The van der Waals surface area contributed by atoms with Gasteiger partial charge in [0.05, 0.1) is 8.66 Å². The van der Waals surface area contributed by atoms with Crippen molar-refractivity contribution >= 4 is 27.3 Å².